The van der Waals surface area contributed by atoms with Crippen LogP contribution in [0, 0.1) is 0 Å². The third-order valence-electron chi connectivity index (χ3n) is 2.17. The second-order valence-electron chi connectivity index (χ2n) is 3.41. The van der Waals surface area contributed by atoms with Crippen LogP contribution in [-0.2, 0) is 0 Å². The van der Waals surface area contributed by atoms with Gasteiger partial charge >= 0.3 is 0 Å². The number of hydrogen-bond donors (Lipinski definition) is 1. The van der Waals surface area contributed by atoms with Crippen LogP contribution in [0.15, 0.2) is 40.2 Å². The van der Waals surface area contributed by atoms with Gasteiger partial charge in [0.2, 0.25) is 0 Å². The average Bonchev–Trinajstić information content (AvgIpc) is 2.74. The van der Waals surface area contributed by atoms with E-state index in [-0.39, 0.29) is 6.61 Å². The zero-order valence-corrected chi connectivity index (χ0v) is 11.9. The normalized spacial score (nSPS) is 12.4. The van der Waals surface area contributed by atoms with Gasteiger partial charge in [-0.1, -0.05) is 11.6 Å². The highest BCUT2D eigenvalue weighted by atomic mass is 79.9. The quantitative estimate of drug-likeness (QED) is 0.905. The average molecular weight is 334 g/mol. The molecule has 17 heavy (non-hydrogen) atoms. The summed E-state index contributed by atoms with van der Waals surface area (Å²) in [6, 6.07) is 8.97. The molecule has 2 aromatic rings. The largest absolute Gasteiger partial charge is 0.490 e. The SMILES string of the molecule is OC(COc1ccc(Cl)cc1)c1sccc1Br. The van der Waals surface area contributed by atoms with Crippen molar-refractivity contribution >= 4 is 38.9 Å². The molecular formula is C12H10BrClO2S. The minimum atomic E-state index is -0.625. The Bertz CT molecular complexity index is 484. The summed E-state index contributed by atoms with van der Waals surface area (Å²) in [5, 5.41) is 12.5. The van der Waals surface area contributed by atoms with E-state index in [1.54, 1.807) is 24.3 Å². The van der Waals surface area contributed by atoms with Crippen molar-refractivity contribution in [1.82, 2.24) is 0 Å². The predicted octanol–water partition coefficient (Wildman–Crippen LogP) is 4.28. The van der Waals surface area contributed by atoms with E-state index in [1.807, 2.05) is 11.4 Å². The summed E-state index contributed by atoms with van der Waals surface area (Å²) in [6.45, 7) is 0.223. The van der Waals surface area contributed by atoms with E-state index in [0.29, 0.717) is 10.8 Å². The number of aliphatic hydroxyl groups excluding tert-OH is 1. The Morgan fingerprint density at radius 1 is 1.29 bits per heavy atom. The molecule has 0 saturated carbocycles. The number of hydrogen-bond acceptors (Lipinski definition) is 3. The van der Waals surface area contributed by atoms with Crippen LogP contribution in [0.5, 0.6) is 5.75 Å². The number of thiophene rings is 1. The molecule has 1 aromatic carbocycles. The van der Waals surface area contributed by atoms with Gasteiger partial charge in [0.15, 0.2) is 0 Å². The molecule has 1 unspecified atom stereocenters. The first-order valence-corrected chi connectivity index (χ1v) is 7.01. The fourth-order valence-electron chi connectivity index (χ4n) is 1.32. The number of halogens is 2. The monoisotopic (exact) mass is 332 g/mol. The van der Waals surface area contributed by atoms with Crippen molar-refractivity contribution in [2.45, 2.75) is 6.10 Å². The second-order valence-corrected chi connectivity index (χ2v) is 5.65. The first kappa shape index (κ1) is 12.9. The van der Waals surface area contributed by atoms with Gasteiger partial charge in [-0.25, -0.2) is 0 Å². The smallest absolute Gasteiger partial charge is 0.123 e. The molecule has 1 N–H and O–H groups in total. The van der Waals surface area contributed by atoms with Crippen LogP contribution in [0.25, 0.3) is 0 Å². The van der Waals surface area contributed by atoms with Crippen LogP contribution in [0.3, 0.4) is 0 Å². The van der Waals surface area contributed by atoms with Crippen molar-refractivity contribution in [3.63, 3.8) is 0 Å². The van der Waals surface area contributed by atoms with Crippen molar-refractivity contribution in [2.24, 2.45) is 0 Å². The van der Waals surface area contributed by atoms with E-state index < -0.39 is 6.10 Å². The fraction of sp³-hybridized carbons (Fsp3) is 0.167. The van der Waals surface area contributed by atoms with Crippen LogP contribution in [-0.4, -0.2) is 11.7 Å². The molecular weight excluding hydrogens is 324 g/mol. The molecule has 1 aromatic heterocycles. The van der Waals surface area contributed by atoms with E-state index >= 15 is 0 Å². The number of ether oxygens (including phenoxy) is 1. The lowest BCUT2D eigenvalue weighted by Gasteiger charge is -2.11. The van der Waals surface area contributed by atoms with Gasteiger partial charge in [0, 0.05) is 9.50 Å². The van der Waals surface area contributed by atoms with E-state index in [2.05, 4.69) is 15.9 Å². The first-order valence-electron chi connectivity index (χ1n) is 4.96. The molecule has 0 radical (unpaired) electrons. The van der Waals surface area contributed by atoms with Gasteiger partial charge in [0.25, 0.3) is 0 Å². The zero-order valence-electron chi connectivity index (χ0n) is 8.77. The maximum atomic E-state index is 9.94. The molecule has 5 heteroatoms. The Balaban J connectivity index is 1.94. The molecule has 0 amide bonds. The maximum Gasteiger partial charge on any atom is 0.123 e. The molecule has 0 bridgehead atoms. The summed E-state index contributed by atoms with van der Waals surface area (Å²) in [4.78, 5) is 0.874. The van der Waals surface area contributed by atoms with Gasteiger partial charge in [0.1, 0.15) is 18.5 Å². The molecule has 90 valence electrons. The summed E-state index contributed by atoms with van der Waals surface area (Å²) in [5.41, 5.74) is 0. The van der Waals surface area contributed by atoms with Crippen LogP contribution in [0.2, 0.25) is 5.02 Å². The zero-order chi connectivity index (χ0) is 12.3. The molecule has 0 aliphatic rings. The highest BCUT2D eigenvalue weighted by Crippen LogP contribution is 2.29. The van der Waals surface area contributed by atoms with Crippen molar-refractivity contribution in [3.05, 3.63) is 50.1 Å². The molecule has 0 aliphatic heterocycles. The van der Waals surface area contributed by atoms with Crippen LogP contribution < -0.4 is 4.74 Å². The summed E-state index contributed by atoms with van der Waals surface area (Å²) < 4.78 is 6.39. The Morgan fingerprint density at radius 2 is 2.00 bits per heavy atom. The number of rotatable bonds is 4. The van der Waals surface area contributed by atoms with Gasteiger partial charge < -0.3 is 9.84 Å². The number of aliphatic hydroxyl groups is 1. The summed E-state index contributed by atoms with van der Waals surface area (Å²) in [6.07, 6.45) is -0.625. The molecule has 2 nitrogen and oxygen atoms in total. The molecule has 1 heterocycles. The lowest BCUT2D eigenvalue weighted by molar-refractivity contribution is 0.110. The van der Waals surface area contributed by atoms with Crippen molar-refractivity contribution in [3.8, 4) is 5.75 Å². The van der Waals surface area contributed by atoms with Crippen molar-refractivity contribution in [1.29, 1.82) is 0 Å². The van der Waals surface area contributed by atoms with Gasteiger partial charge in [-0.05, 0) is 51.6 Å². The maximum absolute atomic E-state index is 9.94. The third-order valence-corrected chi connectivity index (χ3v) is 4.39. The van der Waals surface area contributed by atoms with Gasteiger partial charge in [-0.2, -0.15) is 0 Å². The predicted molar refractivity (Wildman–Crippen MR) is 73.9 cm³/mol. The van der Waals surface area contributed by atoms with Gasteiger partial charge in [-0.3, -0.25) is 0 Å². The van der Waals surface area contributed by atoms with Crippen molar-refractivity contribution in [2.75, 3.05) is 6.61 Å². The first-order chi connectivity index (χ1) is 8.16. The lowest BCUT2D eigenvalue weighted by Crippen LogP contribution is -2.08. The van der Waals surface area contributed by atoms with Gasteiger partial charge in [-0.15, -0.1) is 11.3 Å². The molecule has 2 rings (SSSR count). The molecule has 0 saturated heterocycles. The summed E-state index contributed by atoms with van der Waals surface area (Å²) in [7, 11) is 0. The van der Waals surface area contributed by atoms with E-state index in [9.17, 15) is 5.11 Å². The second kappa shape index (κ2) is 5.87. The van der Waals surface area contributed by atoms with Gasteiger partial charge in [0.05, 0.1) is 4.88 Å². The Kier molecular flexibility index (Phi) is 4.45. The molecule has 0 aliphatic carbocycles. The molecule has 0 fully saturated rings. The molecule has 0 spiro atoms. The summed E-state index contributed by atoms with van der Waals surface area (Å²) in [5.74, 6) is 0.695. The third kappa shape index (κ3) is 3.45. The Labute approximate surface area is 117 Å². The number of benzene rings is 1. The Morgan fingerprint density at radius 3 is 2.59 bits per heavy atom. The highest BCUT2D eigenvalue weighted by Gasteiger charge is 2.13. The minimum Gasteiger partial charge on any atom is -0.490 e. The standard InChI is InChI=1S/C12H10BrClO2S/c13-10-5-6-17-12(10)11(15)7-16-9-3-1-8(14)2-4-9/h1-6,11,15H,7H2. The van der Waals surface area contributed by atoms with E-state index in [4.69, 9.17) is 16.3 Å². The minimum absolute atomic E-state index is 0.223. The fourth-order valence-corrected chi connectivity index (χ4v) is 3.06. The van der Waals surface area contributed by atoms with E-state index in [1.165, 1.54) is 11.3 Å². The van der Waals surface area contributed by atoms with Crippen LogP contribution in [0.1, 0.15) is 11.0 Å². The van der Waals surface area contributed by atoms with Crippen molar-refractivity contribution < 1.29 is 9.84 Å². The highest BCUT2D eigenvalue weighted by molar-refractivity contribution is 9.10. The summed E-state index contributed by atoms with van der Waals surface area (Å²) >= 11 is 10.6. The van der Waals surface area contributed by atoms with Crippen LogP contribution in [0.4, 0.5) is 0 Å². The Hall–Kier alpha value is -0.550. The van der Waals surface area contributed by atoms with E-state index in [0.717, 1.165) is 9.35 Å². The van der Waals surface area contributed by atoms with Crippen LogP contribution >= 0.6 is 38.9 Å². The lowest BCUT2D eigenvalue weighted by atomic mass is 10.3. The molecule has 1 atom stereocenters. The topological polar surface area (TPSA) is 29.5 Å².